The lowest BCUT2D eigenvalue weighted by Crippen LogP contribution is -2.62. The molecule has 0 radical (unpaired) electrons. The summed E-state index contributed by atoms with van der Waals surface area (Å²) in [6.07, 6.45) is 3.68. The van der Waals surface area contributed by atoms with Crippen LogP contribution < -0.4 is 75.3 Å². The highest BCUT2D eigenvalue weighted by Crippen LogP contribution is 2.11. The van der Waals surface area contributed by atoms with Gasteiger partial charge in [0.1, 0.15) is 66.5 Å². The Kier molecular flexibility index (Phi) is 31.9. The second-order valence-electron chi connectivity index (χ2n) is 22.7. The van der Waals surface area contributed by atoms with Crippen molar-refractivity contribution in [2.45, 2.75) is 179 Å². The van der Waals surface area contributed by atoms with E-state index in [1.807, 2.05) is 0 Å². The molecule has 38 nitrogen and oxygen atoms in total. The summed E-state index contributed by atoms with van der Waals surface area (Å²) in [5.41, 5.74) is 11.8. The van der Waals surface area contributed by atoms with E-state index in [2.05, 4.69) is 93.7 Å². The Morgan fingerprint density at radius 3 is 1.19 bits per heavy atom. The van der Waals surface area contributed by atoms with Gasteiger partial charge in [0.2, 0.25) is 65.0 Å². The smallest absolute Gasteiger partial charge is 0.326 e. The predicted molar refractivity (Wildman–Crippen MR) is 326 cm³/mol. The van der Waals surface area contributed by atoms with Crippen molar-refractivity contribution < 1.29 is 83.1 Å². The predicted octanol–water partition coefficient (Wildman–Crippen LogP) is -8.62. The van der Waals surface area contributed by atoms with Crippen LogP contribution in [0.3, 0.4) is 0 Å². The van der Waals surface area contributed by atoms with E-state index < -0.39 is 181 Å². The number of carbonyl (C=O) groups excluding carboxylic acids is 11. The molecule has 11 amide bonds. The minimum Gasteiger partial charge on any atom is -0.480 e. The third-order valence-corrected chi connectivity index (χ3v) is 13.9. The molecule has 0 bridgehead atoms. The molecule has 0 unspecified atom stereocenters. The highest BCUT2D eigenvalue weighted by Gasteiger charge is 2.38. The number of carbonyl (C=O) groups is 12. The second kappa shape index (κ2) is 38.3. The molecule has 93 heavy (non-hydrogen) atoms. The number of rotatable bonds is 40. The number of aliphatic carboxylic acids is 1. The van der Waals surface area contributed by atoms with Crippen molar-refractivity contribution in [2.75, 3.05) is 19.8 Å². The van der Waals surface area contributed by atoms with Gasteiger partial charge >= 0.3 is 5.97 Å². The molecular formula is C55H89N21O17. The maximum atomic E-state index is 14.3. The van der Waals surface area contributed by atoms with Crippen molar-refractivity contribution in [3.8, 4) is 0 Å². The highest BCUT2D eigenvalue weighted by molar-refractivity contribution is 5.99. The molecule has 3 aromatic rings. The number of guanidine groups is 1. The minimum atomic E-state index is -1.90. The summed E-state index contributed by atoms with van der Waals surface area (Å²) in [6.45, 7) is 9.20. The summed E-state index contributed by atoms with van der Waals surface area (Å²) in [6, 6.07) is -18.7. The van der Waals surface area contributed by atoms with Gasteiger partial charge in [-0.2, -0.15) is 0 Å². The first kappa shape index (κ1) is 77.6. The third-order valence-electron chi connectivity index (χ3n) is 13.9. The number of hydrogen-bond donors (Lipinski definition) is 23. The summed E-state index contributed by atoms with van der Waals surface area (Å²) in [5, 5.41) is 87.9. The Labute approximate surface area is 533 Å². The monoisotopic (exact) mass is 1320 g/mol. The van der Waals surface area contributed by atoms with Crippen LogP contribution in [0.4, 0.5) is 0 Å². The number of amides is 11. The molecule has 0 saturated heterocycles. The summed E-state index contributed by atoms with van der Waals surface area (Å²) >= 11 is 0. The van der Waals surface area contributed by atoms with Gasteiger partial charge in [-0.05, 0) is 58.8 Å². The van der Waals surface area contributed by atoms with Gasteiger partial charge in [-0.15, -0.1) is 0 Å². The van der Waals surface area contributed by atoms with Gasteiger partial charge in [-0.3, -0.25) is 58.1 Å². The molecule has 3 rings (SSSR count). The fourth-order valence-corrected chi connectivity index (χ4v) is 8.76. The van der Waals surface area contributed by atoms with Crippen molar-refractivity contribution in [3.05, 3.63) is 54.7 Å². The molecule has 0 aromatic carbocycles. The van der Waals surface area contributed by atoms with Gasteiger partial charge in [0.25, 0.3) is 0 Å². The molecule has 3 aromatic heterocycles. The first-order chi connectivity index (χ1) is 43.8. The van der Waals surface area contributed by atoms with Gasteiger partial charge < -0.3 is 116 Å². The molecule has 0 spiro atoms. The van der Waals surface area contributed by atoms with Crippen molar-refractivity contribution in [2.24, 2.45) is 23.3 Å². The Bertz CT molecular complexity index is 2960. The Morgan fingerprint density at radius 2 is 0.817 bits per heavy atom. The number of hydrogen-bond acceptors (Lipinski definition) is 21. The number of nitrogens with two attached hydrogens (primary N) is 2. The van der Waals surface area contributed by atoms with Crippen LogP contribution in [0.1, 0.15) is 91.7 Å². The quantitative estimate of drug-likeness (QED) is 0.0143. The molecule has 0 aliphatic rings. The van der Waals surface area contributed by atoms with Crippen molar-refractivity contribution in [1.29, 1.82) is 5.41 Å². The average Bonchev–Trinajstić information content (AvgIpc) is 1.54. The lowest BCUT2D eigenvalue weighted by Gasteiger charge is -2.28. The SMILES string of the molecule is CC(C)C[C@H](NC(=O)[C@@H](NC(=O)[C@H](C)N)[C@@H](C)O)C(=O)N[C@@H](Cc1c[nH]cn1)C(=O)N[C@@H](CO)C(=O)N[C@@H](C)C(=O)N[C@@H](Cc1c[nH]cn1)C(=O)N[C@@H](CCCNC(=N)N)C(=O)N[C@@H](CO)C(=O)N[C@H](C(=O)N[C@@H](Cc1c[nH]cn1)C(=O)N[C@H](C(=O)O)C(C)C)[C@@H](C)O. The Balaban J connectivity index is 1.84. The normalized spacial score (nSPS) is 15.8. The Morgan fingerprint density at radius 1 is 0.473 bits per heavy atom. The fraction of sp³-hybridized carbons (Fsp3) is 0.600. The van der Waals surface area contributed by atoms with Crippen LogP contribution in [0.15, 0.2) is 37.6 Å². The average molecular weight is 1320 g/mol. The van der Waals surface area contributed by atoms with Gasteiger partial charge in [-0.25, -0.2) is 19.7 Å². The molecular weight excluding hydrogens is 1230 g/mol. The number of nitrogens with one attached hydrogen (secondary N) is 16. The molecule has 38 heteroatoms. The van der Waals surface area contributed by atoms with Crippen molar-refractivity contribution in [1.82, 2.24) is 93.7 Å². The topological polar surface area (TPSA) is 612 Å². The van der Waals surface area contributed by atoms with Crippen LogP contribution in [0.5, 0.6) is 0 Å². The van der Waals surface area contributed by atoms with E-state index in [0.29, 0.717) is 0 Å². The number of imidazole rings is 3. The number of aliphatic hydroxyl groups excluding tert-OH is 4. The lowest BCUT2D eigenvalue weighted by molar-refractivity contribution is -0.143. The van der Waals surface area contributed by atoms with E-state index in [0.717, 1.165) is 6.92 Å². The lowest BCUT2D eigenvalue weighted by atomic mass is 10.0. The zero-order chi connectivity index (χ0) is 69.8. The minimum absolute atomic E-state index is 0.00525. The van der Waals surface area contributed by atoms with Gasteiger partial charge in [0, 0.05) is 44.4 Å². The maximum absolute atomic E-state index is 14.3. The van der Waals surface area contributed by atoms with E-state index in [1.165, 1.54) is 72.2 Å². The number of H-pyrrole nitrogens is 3. The van der Waals surface area contributed by atoms with Gasteiger partial charge in [0.15, 0.2) is 5.96 Å². The van der Waals surface area contributed by atoms with Crippen LogP contribution in [-0.2, 0) is 76.8 Å². The zero-order valence-corrected chi connectivity index (χ0v) is 52.7. The van der Waals surface area contributed by atoms with Gasteiger partial charge in [-0.1, -0.05) is 27.7 Å². The largest absolute Gasteiger partial charge is 0.480 e. The van der Waals surface area contributed by atoms with E-state index in [4.69, 9.17) is 16.9 Å². The number of nitrogens with zero attached hydrogens (tertiary/aromatic N) is 3. The summed E-state index contributed by atoms with van der Waals surface area (Å²) in [7, 11) is 0. The number of aromatic nitrogens is 6. The number of aromatic amines is 3. The molecule has 3 heterocycles. The molecule has 14 atom stereocenters. The van der Waals surface area contributed by atoms with E-state index >= 15 is 0 Å². The molecule has 0 saturated carbocycles. The number of carboxylic acid groups (broad SMARTS) is 1. The molecule has 0 fully saturated rings. The highest BCUT2D eigenvalue weighted by atomic mass is 16.4. The van der Waals surface area contributed by atoms with Gasteiger partial charge in [0.05, 0.1) is 67.5 Å². The summed E-state index contributed by atoms with van der Waals surface area (Å²) < 4.78 is 0. The van der Waals surface area contributed by atoms with E-state index in [-0.39, 0.29) is 68.1 Å². The first-order valence-electron chi connectivity index (χ1n) is 29.7. The standard InChI is InChI=1S/C55H89N21O17/c1-24(2)12-34(70-52(90)41(28(7)79)75-43(81)26(5)56)46(84)69-36(14-31-17-60-22-64-31)48(86)73-38(19-77)50(88)66-27(6)44(82)68-35(13-30-16-59-21-63-30)47(85)67-33(10-9-11-62-55(57)58)45(83)72-39(20-78)51(89)76-42(29(8)80)53(91)71-37(15-32-18-61-23-65-32)49(87)74-40(25(3)4)54(92)93/h16-18,21-29,33-42,77-80H,9-15,19-20,56H2,1-8H3,(H,59,63)(H,60,64)(H,61,65)(H,66,88)(H,67,85)(H,68,82)(H,69,84)(H,70,90)(H,71,91)(H,72,83)(H,73,86)(H,74,87)(H,75,81)(H,76,89)(H,92,93)(H4,57,58,62)/t26-,27-,28+,29+,33-,34-,35-,36-,37-,38-,39-,40-,41-,42-/m0/s1. The van der Waals surface area contributed by atoms with Crippen LogP contribution >= 0.6 is 0 Å². The summed E-state index contributed by atoms with van der Waals surface area (Å²) in [4.78, 5) is 183. The van der Waals surface area contributed by atoms with Crippen LogP contribution in [0.25, 0.3) is 0 Å². The fourth-order valence-electron chi connectivity index (χ4n) is 8.76. The molecule has 0 aliphatic carbocycles. The van der Waals surface area contributed by atoms with Crippen LogP contribution in [0, 0.1) is 17.2 Å². The number of aliphatic hydroxyl groups is 4. The molecule has 25 N–H and O–H groups in total. The zero-order valence-electron chi connectivity index (χ0n) is 52.7. The summed E-state index contributed by atoms with van der Waals surface area (Å²) in [5.74, 6) is -14.0. The first-order valence-corrected chi connectivity index (χ1v) is 29.7. The van der Waals surface area contributed by atoms with Crippen molar-refractivity contribution in [3.63, 3.8) is 0 Å². The van der Waals surface area contributed by atoms with Crippen LogP contribution in [0.2, 0.25) is 0 Å². The maximum Gasteiger partial charge on any atom is 0.326 e. The van der Waals surface area contributed by atoms with E-state index in [1.54, 1.807) is 13.8 Å². The van der Waals surface area contributed by atoms with E-state index in [9.17, 15) is 83.1 Å². The third kappa shape index (κ3) is 26.2. The number of carboxylic acids is 1. The molecule has 516 valence electrons. The van der Waals surface area contributed by atoms with Crippen molar-refractivity contribution >= 4 is 76.9 Å². The van der Waals surface area contributed by atoms with Crippen LogP contribution in [-0.4, -0.2) is 237 Å². The second-order valence-corrected chi connectivity index (χ2v) is 22.7. The molecule has 0 aliphatic heterocycles. The Hall–Kier alpha value is -9.66.